The molecule has 1 aliphatic rings. The first-order chi connectivity index (χ1) is 12.9. The third-order valence-electron chi connectivity index (χ3n) is 4.65. The number of likely N-dealkylation sites (tertiary alicyclic amines) is 1. The molecule has 0 bridgehead atoms. The molecule has 2 aromatic carbocycles. The summed E-state index contributed by atoms with van der Waals surface area (Å²) in [5.74, 6) is -0.106. The molecule has 0 atom stereocenters. The predicted octanol–water partition coefficient (Wildman–Crippen LogP) is 4.57. The van der Waals surface area contributed by atoms with Crippen molar-refractivity contribution in [1.82, 2.24) is 4.90 Å². The Morgan fingerprint density at radius 2 is 1.74 bits per heavy atom. The van der Waals surface area contributed by atoms with Crippen LogP contribution >= 0.6 is 15.9 Å². The van der Waals surface area contributed by atoms with E-state index in [9.17, 15) is 13.2 Å². The number of amides is 1. The molecule has 1 saturated heterocycles. The summed E-state index contributed by atoms with van der Waals surface area (Å²) < 4.78 is 28.9. The fourth-order valence-electron chi connectivity index (χ4n) is 3.17. The van der Waals surface area contributed by atoms with Gasteiger partial charge in [-0.2, -0.15) is 0 Å². The zero-order valence-electron chi connectivity index (χ0n) is 15.2. The van der Waals surface area contributed by atoms with Crippen LogP contribution < -0.4 is 4.72 Å². The van der Waals surface area contributed by atoms with Gasteiger partial charge in [-0.15, -0.1) is 0 Å². The summed E-state index contributed by atoms with van der Waals surface area (Å²) in [6.07, 6.45) is 4.25. The summed E-state index contributed by atoms with van der Waals surface area (Å²) in [5.41, 5.74) is 1.82. The second-order valence-electron chi connectivity index (χ2n) is 6.82. The number of aryl methyl sites for hydroxylation is 1. The van der Waals surface area contributed by atoms with E-state index in [-0.39, 0.29) is 10.8 Å². The van der Waals surface area contributed by atoms with E-state index in [1.54, 1.807) is 24.3 Å². The van der Waals surface area contributed by atoms with Gasteiger partial charge in [-0.05, 0) is 71.6 Å². The standard InChI is InChI=1S/C20H23BrN2O3S/c1-15-9-10-18(21)19(13-15)22-27(25,26)17-8-6-7-16(14-17)20(24)23-11-4-2-3-5-12-23/h6-10,13-14,22H,2-5,11-12H2,1H3. The highest BCUT2D eigenvalue weighted by molar-refractivity contribution is 9.10. The Bertz CT molecular complexity index is 936. The van der Waals surface area contributed by atoms with Crippen molar-refractivity contribution in [3.05, 3.63) is 58.1 Å². The molecule has 1 heterocycles. The van der Waals surface area contributed by atoms with Crippen molar-refractivity contribution in [2.45, 2.75) is 37.5 Å². The van der Waals surface area contributed by atoms with Crippen LogP contribution in [0, 0.1) is 6.92 Å². The quantitative estimate of drug-likeness (QED) is 0.741. The number of sulfonamides is 1. The van der Waals surface area contributed by atoms with Gasteiger partial charge in [0.25, 0.3) is 15.9 Å². The van der Waals surface area contributed by atoms with Crippen LogP contribution in [0.4, 0.5) is 5.69 Å². The highest BCUT2D eigenvalue weighted by Gasteiger charge is 2.21. The van der Waals surface area contributed by atoms with Crippen molar-refractivity contribution in [2.75, 3.05) is 17.8 Å². The number of hydrogen-bond acceptors (Lipinski definition) is 3. The Hall–Kier alpha value is -1.86. The van der Waals surface area contributed by atoms with Crippen LogP contribution in [0.15, 0.2) is 51.8 Å². The molecule has 7 heteroatoms. The van der Waals surface area contributed by atoms with Gasteiger partial charge in [-0.1, -0.05) is 25.0 Å². The maximum Gasteiger partial charge on any atom is 0.261 e. The fourth-order valence-corrected chi connectivity index (χ4v) is 4.77. The first-order valence-electron chi connectivity index (χ1n) is 9.05. The molecule has 5 nitrogen and oxygen atoms in total. The lowest BCUT2D eigenvalue weighted by Crippen LogP contribution is -2.32. The van der Waals surface area contributed by atoms with Gasteiger partial charge in [0.05, 0.1) is 10.6 Å². The summed E-state index contributed by atoms with van der Waals surface area (Å²) in [7, 11) is -3.80. The summed E-state index contributed by atoms with van der Waals surface area (Å²) in [5, 5.41) is 0. The number of benzene rings is 2. The summed E-state index contributed by atoms with van der Waals surface area (Å²) >= 11 is 3.37. The normalized spacial score (nSPS) is 15.3. The van der Waals surface area contributed by atoms with Crippen LogP contribution in [0.2, 0.25) is 0 Å². The van der Waals surface area contributed by atoms with Gasteiger partial charge in [0.15, 0.2) is 0 Å². The topological polar surface area (TPSA) is 66.5 Å². The van der Waals surface area contributed by atoms with E-state index < -0.39 is 10.0 Å². The second kappa shape index (κ2) is 8.44. The smallest absolute Gasteiger partial charge is 0.261 e. The molecule has 0 aromatic heterocycles. The molecule has 0 unspecified atom stereocenters. The lowest BCUT2D eigenvalue weighted by atomic mass is 10.2. The van der Waals surface area contributed by atoms with Gasteiger partial charge in [0.1, 0.15) is 0 Å². The fraction of sp³-hybridized carbons (Fsp3) is 0.350. The zero-order chi connectivity index (χ0) is 19.4. The molecule has 0 radical (unpaired) electrons. The molecule has 1 N–H and O–H groups in total. The van der Waals surface area contributed by atoms with Gasteiger partial charge in [0, 0.05) is 23.1 Å². The molecular formula is C20H23BrN2O3S. The van der Waals surface area contributed by atoms with Crippen molar-refractivity contribution in [3.63, 3.8) is 0 Å². The van der Waals surface area contributed by atoms with Crippen molar-refractivity contribution in [2.24, 2.45) is 0 Å². The molecule has 27 heavy (non-hydrogen) atoms. The number of carbonyl (C=O) groups is 1. The van der Waals surface area contributed by atoms with Crippen molar-refractivity contribution < 1.29 is 13.2 Å². The highest BCUT2D eigenvalue weighted by atomic mass is 79.9. The van der Waals surface area contributed by atoms with Crippen molar-refractivity contribution >= 4 is 37.5 Å². The van der Waals surface area contributed by atoms with Crippen LogP contribution in [0.25, 0.3) is 0 Å². The number of hydrogen-bond donors (Lipinski definition) is 1. The third kappa shape index (κ3) is 4.90. The molecule has 2 aromatic rings. The van der Waals surface area contributed by atoms with Crippen molar-refractivity contribution in [3.8, 4) is 0 Å². The molecule has 0 aliphatic carbocycles. The van der Waals surface area contributed by atoms with Gasteiger partial charge in [-0.25, -0.2) is 8.42 Å². The number of nitrogens with one attached hydrogen (secondary N) is 1. The van der Waals surface area contributed by atoms with E-state index in [0.717, 1.165) is 44.3 Å². The lowest BCUT2D eigenvalue weighted by Gasteiger charge is -2.20. The van der Waals surface area contributed by atoms with Gasteiger partial charge in [0.2, 0.25) is 0 Å². The average Bonchev–Trinajstić information content (AvgIpc) is 2.93. The molecule has 0 saturated carbocycles. The molecule has 1 fully saturated rings. The van der Waals surface area contributed by atoms with Crippen LogP contribution in [0.1, 0.15) is 41.6 Å². The van der Waals surface area contributed by atoms with E-state index in [2.05, 4.69) is 20.7 Å². The second-order valence-corrected chi connectivity index (χ2v) is 9.36. The minimum atomic E-state index is -3.80. The SMILES string of the molecule is Cc1ccc(Br)c(NS(=O)(=O)c2cccc(C(=O)N3CCCCCC3)c2)c1. The molecular weight excluding hydrogens is 428 g/mol. The van der Waals surface area contributed by atoms with E-state index in [1.165, 1.54) is 12.1 Å². The van der Waals surface area contributed by atoms with Crippen LogP contribution in [-0.2, 0) is 10.0 Å². The lowest BCUT2D eigenvalue weighted by molar-refractivity contribution is 0.0761. The minimum absolute atomic E-state index is 0.0802. The van der Waals surface area contributed by atoms with E-state index in [0.29, 0.717) is 15.7 Å². The number of nitrogens with zero attached hydrogens (tertiary/aromatic N) is 1. The third-order valence-corrected chi connectivity index (χ3v) is 6.71. The average molecular weight is 451 g/mol. The zero-order valence-corrected chi connectivity index (χ0v) is 17.6. The first kappa shape index (κ1) is 19.9. The Morgan fingerprint density at radius 1 is 1.04 bits per heavy atom. The van der Waals surface area contributed by atoms with E-state index in [1.807, 2.05) is 17.9 Å². The largest absolute Gasteiger partial charge is 0.339 e. The Morgan fingerprint density at radius 3 is 2.44 bits per heavy atom. The Kier molecular flexibility index (Phi) is 6.22. The molecule has 1 amide bonds. The van der Waals surface area contributed by atoms with Gasteiger partial charge >= 0.3 is 0 Å². The van der Waals surface area contributed by atoms with Crippen LogP contribution in [-0.4, -0.2) is 32.3 Å². The summed E-state index contributed by atoms with van der Waals surface area (Å²) in [4.78, 5) is 14.7. The van der Waals surface area contributed by atoms with Crippen molar-refractivity contribution in [1.29, 1.82) is 0 Å². The summed E-state index contributed by atoms with van der Waals surface area (Å²) in [6, 6.07) is 11.7. The van der Waals surface area contributed by atoms with E-state index in [4.69, 9.17) is 0 Å². The monoisotopic (exact) mass is 450 g/mol. The number of anilines is 1. The van der Waals surface area contributed by atoms with E-state index >= 15 is 0 Å². The van der Waals surface area contributed by atoms with Crippen LogP contribution in [0.5, 0.6) is 0 Å². The molecule has 0 spiro atoms. The van der Waals surface area contributed by atoms with Crippen LogP contribution in [0.3, 0.4) is 0 Å². The highest BCUT2D eigenvalue weighted by Crippen LogP contribution is 2.26. The maximum atomic E-state index is 12.8. The number of rotatable bonds is 4. The first-order valence-corrected chi connectivity index (χ1v) is 11.3. The molecule has 144 valence electrons. The van der Waals surface area contributed by atoms with Gasteiger partial charge in [-0.3, -0.25) is 9.52 Å². The Balaban J connectivity index is 1.85. The predicted molar refractivity (Wildman–Crippen MR) is 111 cm³/mol. The Labute approximate surface area is 169 Å². The summed E-state index contributed by atoms with van der Waals surface area (Å²) in [6.45, 7) is 3.35. The number of carbonyl (C=O) groups excluding carboxylic acids is 1. The maximum absolute atomic E-state index is 12.8. The number of halogens is 1. The minimum Gasteiger partial charge on any atom is -0.339 e. The molecule has 3 rings (SSSR count). The molecule has 1 aliphatic heterocycles. The van der Waals surface area contributed by atoms with Gasteiger partial charge < -0.3 is 4.90 Å².